The number of hydrogen-bond acceptors (Lipinski definition) is 2. The number of halogens is 1. The Bertz CT molecular complexity index is 878. The van der Waals surface area contributed by atoms with Gasteiger partial charge < -0.3 is 5.11 Å². The first-order valence-corrected chi connectivity index (χ1v) is 6.22. The molecule has 4 heteroatoms. The van der Waals surface area contributed by atoms with Crippen molar-refractivity contribution in [2.24, 2.45) is 0 Å². The third-order valence-electron chi connectivity index (χ3n) is 3.17. The minimum atomic E-state index is -0.305. The molecule has 0 fully saturated rings. The van der Waals surface area contributed by atoms with Gasteiger partial charge in [-0.3, -0.25) is 9.78 Å². The summed E-state index contributed by atoms with van der Waals surface area (Å²) in [4.78, 5) is 14.0. The Balaban J connectivity index is 2.11. The van der Waals surface area contributed by atoms with Gasteiger partial charge in [-0.05, 0) is 34.9 Å². The summed E-state index contributed by atoms with van der Waals surface area (Å²) in [5.41, 5.74) is 1.41. The van der Waals surface area contributed by atoms with Crippen LogP contribution in [0.25, 0.3) is 18.2 Å². The molecular formula is C16H12FNO2. The molecular weight excluding hydrogens is 257 g/mol. The van der Waals surface area contributed by atoms with Gasteiger partial charge >= 0.3 is 0 Å². The average molecular weight is 269 g/mol. The van der Waals surface area contributed by atoms with Crippen LogP contribution in [-0.2, 0) is 0 Å². The molecule has 0 spiro atoms. The Morgan fingerprint density at radius 1 is 1.30 bits per heavy atom. The summed E-state index contributed by atoms with van der Waals surface area (Å²) in [5, 5.41) is 10.6. The summed E-state index contributed by atoms with van der Waals surface area (Å²) in [7, 11) is 0. The highest BCUT2D eigenvalue weighted by Gasteiger charge is 2.04. The highest BCUT2D eigenvalue weighted by Crippen LogP contribution is 2.14. The van der Waals surface area contributed by atoms with Gasteiger partial charge in [-0.25, -0.2) is 4.39 Å². The molecule has 3 nitrogen and oxygen atoms in total. The first kappa shape index (κ1) is 12.4. The van der Waals surface area contributed by atoms with Crippen LogP contribution in [-0.4, -0.2) is 10.1 Å². The molecule has 0 radical (unpaired) electrons. The molecule has 1 aromatic carbocycles. The minimum Gasteiger partial charge on any atom is -0.494 e. The summed E-state index contributed by atoms with van der Waals surface area (Å²) in [6.45, 7) is 0. The molecule has 20 heavy (non-hydrogen) atoms. The summed E-state index contributed by atoms with van der Waals surface area (Å²) in [6, 6.07) is 7.82. The van der Waals surface area contributed by atoms with Crippen LogP contribution in [0, 0.1) is 5.82 Å². The van der Waals surface area contributed by atoms with Gasteiger partial charge in [0.15, 0.2) is 5.88 Å². The second-order valence-electron chi connectivity index (χ2n) is 4.68. The molecule has 100 valence electrons. The average Bonchev–Trinajstić information content (AvgIpc) is 2.38. The quantitative estimate of drug-likeness (QED) is 0.819. The van der Waals surface area contributed by atoms with Crippen molar-refractivity contribution in [3.05, 3.63) is 68.1 Å². The van der Waals surface area contributed by atoms with Gasteiger partial charge in [0.05, 0.1) is 0 Å². The van der Waals surface area contributed by atoms with Crippen LogP contribution in [0.5, 0.6) is 5.88 Å². The molecule has 1 aliphatic carbocycles. The predicted molar refractivity (Wildman–Crippen MR) is 75.9 cm³/mol. The topological polar surface area (TPSA) is 53.1 Å². The lowest BCUT2D eigenvalue weighted by Gasteiger charge is -2.05. The summed E-state index contributed by atoms with van der Waals surface area (Å²) >= 11 is 0. The summed E-state index contributed by atoms with van der Waals surface area (Å²) in [6.07, 6.45) is 6.09. The number of aromatic amines is 1. The van der Waals surface area contributed by atoms with Crippen molar-refractivity contribution in [3.63, 3.8) is 0 Å². The molecule has 0 unspecified atom stereocenters. The highest BCUT2D eigenvalue weighted by molar-refractivity contribution is 5.68. The van der Waals surface area contributed by atoms with E-state index in [1.807, 2.05) is 18.2 Å². The van der Waals surface area contributed by atoms with Gasteiger partial charge in [-0.15, -0.1) is 0 Å². The summed E-state index contributed by atoms with van der Waals surface area (Å²) < 4.78 is 13.1. The van der Waals surface area contributed by atoms with E-state index in [1.165, 1.54) is 18.2 Å². The first-order chi connectivity index (χ1) is 9.61. The van der Waals surface area contributed by atoms with Crippen LogP contribution in [0.1, 0.15) is 12.0 Å². The van der Waals surface area contributed by atoms with Crippen LogP contribution in [0.4, 0.5) is 4.39 Å². The van der Waals surface area contributed by atoms with E-state index in [0.717, 1.165) is 11.1 Å². The molecule has 0 atom stereocenters. The zero-order valence-corrected chi connectivity index (χ0v) is 10.6. The zero-order valence-electron chi connectivity index (χ0n) is 10.6. The Morgan fingerprint density at radius 2 is 2.15 bits per heavy atom. The largest absolute Gasteiger partial charge is 0.494 e. The molecule has 1 aromatic heterocycles. The minimum absolute atomic E-state index is 0.162. The number of H-pyrrole nitrogens is 1. The Labute approximate surface area is 114 Å². The molecule has 2 aromatic rings. The number of fused-ring (bicyclic) bond motifs is 1. The van der Waals surface area contributed by atoms with Crippen molar-refractivity contribution in [1.29, 1.82) is 0 Å². The Kier molecular flexibility index (Phi) is 2.99. The van der Waals surface area contributed by atoms with E-state index in [4.69, 9.17) is 0 Å². The lowest BCUT2D eigenvalue weighted by Crippen LogP contribution is -2.41. The number of pyridine rings is 1. The van der Waals surface area contributed by atoms with Gasteiger partial charge in [0.1, 0.15) is 5.82 Å². The van der Waals surface area contributed by atoms with E-state index < -0.39 is 0 Å². The molecule has 0 saturated carbocycles. The third-order valence-corrected chi connectivity index (χ3v) is 3.17. The summed E-state index contributed by atoms with van der Waals surface area (Å²) in [5.74, 6) is -0.445. The second-order valence-corrected chi connectivity index (χ2v) is 4.68. The highest BCUT2D eigenvalue weighted by atomic mass is 19.1. The molecule has 1 heterocycles. The van der Waals surface area contributed by atoms with E-state index in [2.05, 4.69) is 4.98 Å². The normalized spacial score (nSPS) is 15.3. The molecule has 0 amide bonds. The van der Waals surface area contributed by atoms with Crippen LogP contribution in [0.3, 0.4) is 0 Å². The maximum Gasteiger partial charge on any atom is 0.258 e. The molecule has 0 bridgehead atoms. The number of hydrogen-bond donors (Lipinski definition) is 2. The van der Waals surface area contributed by atoms with Crippen molar-refractivity contribution >= 4 is 18.2 Å². The standard InChI is InChI=1S/C16H12FNO2/c17-13-3-1-2-10(8-13)6-11-4-5-14-12(7-11)9-15(19)18-16(14)20/h1-3,5-9,19H,4H2,(H,18,20). The van der Waals surface area contributed by atoms with Crippen LogP contribution in [0.15, 0.2) is 40.7 Å². The molecule has 1 aliphatic rings. The van der Waals surface area contributed by atoms with Gasteiger partial charge in [0.2, 0.25) is 0 Å². The zero-order chi connectivity index (χ0) is 14.1. The fourth-order valence-corrected chi connectivity index (χ4v) is 2.30. The van der Waals surface area contributed by atoms with Crippen molar-refractivity contribution in [2.45, 2.75) is 6.42 Å². The predicted octanol–water partition coefficient (Wildman–Crippen LogP) is 1.27. The number of aromatic hydroxyl groups is 1. The smallest absolute Gasteiger partial charge is 0.258 e. The third kappa shape index (κ3) is 2.40. The van der Waals surface area contributed by atoms with Crippen LogP contribution in [0.2, 0.25) is 0 Å². The van der Waals surface area contributed by atoms with Gasteiger partial charge in [-0.2, -0.15) is 0 Å². The number of benzene rings is 1. The lowest BCUT2D eigenvalue weighted by atomic mass is 10.0. The molecule has 2 N–H and O–H groups in total. The maximum atomic E-state index is 13.1. The van der Waals surface area contributed by atoms with Crippen LogP contribution < -0.4 is 16.0 Å². The van der Waals surface area contributed by atoms with Gasteiger partial charge in [-0.1, -0.05) is 30.4 Å². The van der Waals surface area contributed by atoms with Crippen LogP contribution >= 0.6 is 0 Å². The SMILES string of the molecule is O=c1[nH]c(O)cc2c1=CCC(=Cc1cccc(F)c1)C=2. The fourth-order valence-electron chi connectivity index (χ4n) is 2.30. The molecule has 3 rings (SSSR count). The number of nitrogens with one attached hydrogen (secondary N) is 1. The molecule has 0 aliphatic heterocycles. The van der Waals surface area contributed by atoms with Crippen molar-refractivity contribution in [2.75, 3.05) is 0 Å². The van der Waals surface area contributed by atoms with E-state index in [-0.39, 0.29) is 17.3 Å². The van der Waals surface area contributed by atoms with E-state index in [0.29, 0.717) is 16.9 Å². The lowest BCUT2D eigenvalue weighted by molar-refractivity contribution is 0.450. The second kappa shape index (κ2) is 4.81. The van der Waals surface area contributed by atoms with Gasteiger partial charge in [0.25, 0.3) is 5.56 Å². The van der Waals surface area contributed by atoms with Crippen molar-refractivity contribution < 1.29 is 9.50 Å². The van der Waals surface area contributed by atoms with Crippen molar-refractivity contribution in [1.82, 2.24) is 4.98 Å². The Hall–Kier alpha value is -2.62. The van der Waals surface area contributed by atoms with Gasteiger partial charge in [0, 0.05) is 11.3 Å². The number of aromatic nitrogens is 1. The molecule has 0 saturated heterocycles. The Morgan fingerprint density at radius 3 is 2.95 bits per heavy atom. The van der Waals surface area contributed by atoms with Crippen molar-refractivity contribution in [3.8, 4) is 5.88 Å². The number of allylic oxidation sites excluding steroid dienone is 1. The van der Waals surface area contributed by atoms with E-state index >= 15 is 0 Å². The maximum absolute atomic E-state index is 13.1. The van der Waals surface area contributed by atoms with E-state index in [9.17, 15) is 14.3 Å². The monoisotopic (exact) mass is 269 g/mol. The number of rotatable bonds is 1. The first-order valence-electron chi connectivity index (χ1n) is 6.22. The van der Waals surface area contributed by atoms with E-state index in [1.54, 1.807) is 12.1 Å². The fraction of sp³-hybridized carbons (Fsp3) is 0.0625.